The van der Waals surface area contributed by atoms with E-state index in [-0.39, 0.29) is 22.6 Å². The van der Waals surface area contributed by atoms with Crippen LogP contribution in [0.3, 0.4) is 0 Å². The van der Waals surface area contributed by atoms with Crippen molar-refractivity contribution in [2.75, 3.05) is 13.2 Å². The third-order valence-corrected chi connectivity index (χ3v) is 2.86. The monoisotopic (exact) mass is 367 g/mol. The van der Waals surface area contributed by atoms with Crippen LogP contribution in [0.4, 0.5) is 8.78 Å². The van der Waals surface area contributed by atoms with Crippen molar-refractivity contribution in [2.45, 2.75) is 13.5 Å². The number of nitriles is 1. The molecule has 0 aliphatic carbocycles. The molecule has 1 amide bonds. The van der Waals surface area contributed by atoms with Gasteiger partial charge in [-0.25, -0.2) is 0 Å². The number of carbonyl (C=O) groups excluding carboxylic acids is 3. The Labute approximate surface area is 147 Å². The summed E-state index contributed by atoms with van der Waals surface area (Å²) < 4.78 is 33.1. The topological polar surface area (TPSA) is 132 Å². The van der Waals surface area contributed by atoms with E-state index in [9.17, 15) is 23.2 Å². The van der Waals surface area contributed by atoms with Gasteiger partial charge in [-0.2, -0.15) is 14.0 Å². The number of alkyl halides is 2. The number of allylic oxidation sites excluding steroid dienone is 1. The lowest BCUT2D eigenvalue weighted by Gasteiger charge is -2.08. The van der Waals surface area contributed by atoms with E-state index in [1.807, 2.05) is 0 Å². The van der Waals surface area contributed by atoms with Gasteiger partial charge in [0.1, 0.15) is 23.9 Å². The number of nitrogens with two attached hydrogens (primary N) is 1. The molecule has 0 bridgehead atoms. The zero-order chi connectivity index (χ0) is 19.7. The molecule has 0 heterocycles. The maximum absolute atomic E-state index is 12.1. The summed E-state index contributed by atoms with van der Waals surface area (Å²) in [6.07, 6.45) is 0. The van der Waals surface area contributed by atoms with Gasteiger partial charge >= 0.3 is 12.6 Å². The van der Waals surface area contributed by atoms with Gasteiger partial charge in [-0.3, -0.25) is 14.4 Å². The number of hydrogen-bond donors (Lipinski definition) is 2. The SMILES string of the molecule is C/C(N)=C(/C#N)C(=O)COC(=O)CNC(=O)c1cccc(OC(F)F)c1. The number of halogens is 2. The van der Waals surface area contributed by atoms with Gasteiger partial charge in [0, 0.05) is 11.3 Å². The van der Waals surface area contributed by atoms with Crippen molar-refractivity contribution in [1.29, 1.82) is 5.26 Å². The van der Waals surface area contributed by atoms with Gasteiger partial charge in [-0.05, 0) is 25.1 Å². The smallest absolute Gasteiger partial charge is 0.387 e. The maximum atomic E-state index is 12.1. The Morgan fingerprint density at radius 1 is 1.35 bits per heavy atom. The highest BCUT2D eigenvalue weighted by Crippen LogP contribution is 2.15. The van der Waals surface area contributed by atoms with Crippen molar-refractivity contribution in [3.05, 3.63) is 41.1 Å². The van der Waals surface area contributed by atoms with Gasteiger partial charge < -0.3 is 20.5 Å². The highest BCUT2D eigenvalue weighted by atomic mass is 19.3. The summed E-state index contributed by atoms with van der Waals surface area (Å²) >= 11 is 0. The Morgan fingerprint density at radius 2 is 2.04 bits per heavy atom. The van der Waals surface area contributed by atoms with Crippen LogP contribution in [-0.2, 0) is 14.3 Å². The molecule has 0 atom stereocenters. The van der Waals surface area contributed by atoms with Crippen LogP contribution in [0.5, 0.6) is 5.75 Å². The Morgan fingerprint density at radius 3 is 2.62 bits per heavy atom. The summed E-state index contributed by atoms with van der Waals surface area (Å²) in [5.41, 5.74) is 5.00. The van der Waals surface area contributed by atoms with Crippen molar-refractivity contribution in [2.24, 2.45) is 5.73 Å². The third-order valence-electron chi connectivity index (χ3n) is 2.86. The minimum atomic E-state index is -3.04. The number of esters is 1. The zero-order valence-corrected chi connectivity index (χ0v) is 13.6. The summed E-state index contributed by atoms with van der Waals surface area (Å²) in [7, 11) is 0. The Kier molecular flexibility index (Phi) is 7.69. The number of nitrogens with one attached hydrogen (secondary N) is 1. The first-order valence-electron chi connectivity index (χ1n) is 7.13. The van der Waals surface area contributed by atoms with E-state index < -0.39 is 37.4 Å². The van der Waals surface area contributed by atoms with Crippen molar-refractivity contribution < 1.29 is 32.6 Å². The minimum Gasteiger partial charge on any atom is -0.456 e. The molecule has 3 N–H and O–H groups in total. The predicted octanol–water partition coefficient (Wildman–Crippen LogP) is 0.886. The highest BCUT2D eigenvalue weighted by molar-refractivity contribution is 6.01. The first-order valence-corrected chi connectivity index (χ1v) is 7.13. The van der Waals surface area contributed by atoms with E-state index >= 15 is 0 Å². The van der Waals surface area contributed by atoms with E-state index in [1.165, 1.54) is 25.1 Å². The van der Waals surface area contributed by atoms with E-state index in [0.717, 1.165) is 6.07 Å². The lowest BCUT2D eigenvalue weighted by atomic mass is 10.1. The number of carbonyl (C=O) groups is 3. The van der Waals surface area contributed by atoms with Crippen molar-refractivity contribution in [3.8, 4) is 11.8 Å². The summed E-state index contributed by atoms with van der Waals surface area (Å²) in [5, 5.41) is 10.9. The predicted molar refractivity (Wildman–Crippen MR) is 83.9 cm³/mol. The number of nitrogens with zero attached hydrogens (tertiary/aromatic N) is 1. The first-order chi connectivity index (χ1) is 12.2. The molecule has 0 spiro atoms. The minimum absolute atomic E-state index is 0.00671. The number of rotatable bonds is 8. The van der Waals surface area contributed by atoms with Crippen LogP contribution >= 0.6 is 0 Å². The number of ketones is 1. The van der Waals surface area contributed by atoms with E-state index in [1.54, 1.807) is 6.07 Å². The van der Waals surface area contributed by atoms with Crippen molar-refractivity contribution >= 4 is 17.7 Å². The number of hydrogen-bond acceptors (Lipinski definition) is 7. The Bertz CT molecular complexity index is 767. The molecular weight excluding hydrogens is 352 g/mol. The fourth-order valence-electron chi connectivity index (χ4n) is 1.71. The number of amides is 1. The van der Waals surface area contributed by atoms with E-state index in [0.29, 0.717) is 0 Å². The number of ether oxygens (including phenoxy) is 2. The van der Waals surface area contributed by atoms with Crippen LogP contribution in [0, 0.1) is 11.3 Å². The van der Waals surface area contributed by atoms with Gasteiger partial charge in [0.05, 0.1) is 0 Å². The first kappa shape index (κ1) is 20.6. The van der Waals surface area contributed by atoms with E-state index in [4.69, 9.17) is 11.0 Å². The maximum Gasteiger partial charge on any atom is 0.387 e. The van der Waals surface area contributed by atoms with Gasteiger partial charge in [0.15, 0.2) is 6.61 Å². The fourth-order valence-corrected chi connectivity index (χ4v) is 1.71. The normalized spacial score (nSPS) is 11.2. The lowest BCUT2D eigenvalue weighted by molar-refractivity contribution is -0.145. The average Bonchev–Trinajstić information content (AvgIpc) is 2.57. The highest BCUT2D eigenvalue weighted by Gasteiger charge is 2.15. The summed E-state index contributed by atoms with van der Waals surface area (Å²) in [6, 6.07) is 6.56. The van der Waals surface area contributed by atoms with Crippen molar-refractivity contribution in [1.82, 2.24) is 5.32 Å². The van der Waals surface area contributed by atoms with Crippen molar-refractivity contribution in [3.63, 3.8) is 0 Å². The van der Waals surface area contributed by atoms with Gasteiger partial charge in [0.2, 0.25) is 5.78 Å². The zero-order valence-electron chi connectivity index (χ0n) is 13.6. The second kappa shape index (κ2) is 9.73. The molecular formula is C16H15F2N3O5. The molecule has 0 saturated carbocycles. The fraction of sp³-hybridized carbons (Fsp3) is 0.250. The molecule has 0 radical (unpaired) electrons. The van der Waals surface area contributed by atoms with Gasteiger partial charge in [-0.1, -0.05) is 6.07 Å². The lowest BCUT2D eigenvalue weighted by Crippen LogP contribution is -2.31. The van der Waals surface area contributed by atoms with Crippen LogP contribution in [-0.4, -0.2) is 37.4 Å². The molecule has 10 heteroatoms. The van der Waals surface area contributed by atoms with Crippen LogP contribution < -0.4 is 15.8 Å². The van der Waals surface area contributed by atoms with Crippen LogP contribution in [0.15, 0.2) is 35.5 Å². The third kappa shape index (κ3) is 6.56. The van der Waals surface area contributed by atoms with Gasteiger partial charge in [-0.15, -0.1) is 0 Å². The standard InChI is InChI=1S/C16H15F2N3O5/c1-9(20)12(6-19)13(22)8-25-14(23)7-21-15(24)10-3-2-4-11(5-10)26-16(17)18/h2-5,16H,7-8,20H2,1H3,(H,21,24)/b12-9+. The summed E-state index contributed by atoms with van der Waals surface area (Å²) in [5.74, 6) is -2.65. The summed E-state index contributed by atoms with van der Waals surface area (Å²) in [6.45, 7) is -2.96. The summed E-state index contributed by atoms with van der Waals surface area (Å²) in [4.78, 5) is 35.0. The van der Waals surface area contributed by atoms with Gasteiger partial charge in [0.25, 0.3) is 5.91 Å². The molecule has 26 heavy (non-hydrogen) atoms. The second-order valence-corrected chi connectivity index (χ2v) is 4.84. The second-order valence-electron chi connectivity index (χ2n) is 4.84. The molecule has 1 rings (SSSR count). The van der Waals surface area contributed by atoms with E-state index in [2.05, 4.69) is 14.8 Å². The number of Topliss-reactive ketones (excluding diaryl/α,β-unsaturated/α-hetero) is 1. The molecule has 0 aliphatic heterocycles. The average molecular weight is 367 g/mol. The Balaban J connectivity index is 2.53. The molecule has 0 aromatic heterocycles. The molecule has 0 aliphatic rings. The molecule has 0 unspecified atom stereocenters. The molecule has 1 aromatic carbocycles. The molecule has 8 nitrogen and oxygen atoms in total. The molecule has 1 aromatic rings. The quantitative estimate of drug-likeness (QED) is 0.396. The molecule has 0 saturated heterocycles. The largest absolute Gasteiger partial charge is 0.456 e. The molecule has 138 valence electrons. The Hall–Kier alpha value is -3.48. The number of benzene rings is 1. The van der Waals surface area contributed by atoms with Crippen LogP contribution in [0.25, 0.3) is 0 Å². The van der Waals surface area contributed by atoms with Crippen LogP contribution in [0.1, 0.15) is 17.3 Å². The van der Waals surface area contributed by atoms with Crippen LogP contribution in [0.2, 0.25) is 0 Å². The molecule has 0 fully saturated rings.